The SMILES string of the molecule is CCn1c2ccccc2c2cc(/C=C/c3ccc4ccccc4[n+]3CCCCS(=O)(=O)[O-])ccc21. The lowest BCUT2D eigenvalue weighted by molar-refractivity contribution is -0.673. The van der Waals surface area contributed by atoms with Crippen LogP contribution in [0.3, 0.4) is 0 Å². The maximum absolute atomic E-state index is 11.0. The fourth-order valence-electron chi connectivity index (χ4n) is 4.92. The van der Waals surface area contributed by atoms with Crippen LogP contribution < -0.4 is 4.57 Å². The molecule has 5 nitrogen and oxygen atoms in total. The number of benzene rings is 3. The van der Waals surface area contributed by atoms with Crippen LogP contribution in [0.25, 0.3) is 44.9 Å². The Balaban J connectivity index is 1.50. The van der Waals surface area contributed by atoms with Gasteiger partial charge in [-0.3, -0.25) is 0 Å². The third kappa shape index (κ3) is 4.85. The Morgan fingerprint density at radius 3 is 2.46 bits per heavy atom. The predicted octanol–water partition coefficient (Wildman–Crippen LogP) is 5.75. The number of fused-ring (bicyclic) bond motifs is 4. The highest BCUT2D eigenvalue weighted by Gasteiger charge is 2.14. The first kappa shape index (κ1) is 23.3. The van der Waals surface area contributed by atoms with E-state index in [1.54, 1.807) is 0 Å². The normalized spacial score (nSPS) is 12.4. The largest absolute Gasteiger partial charge is 0.748 e. The summed E-state index contributed by atoms with van der Waals surface area (Å²) >= 11 is 0. The lowest BCUT2D eigenvalue weighted by Gasteiger charge is -2.07. The summed E-state index contributed by atoms with van der Waals surface area (Å²) in [5.74, 6) is -0.325. The molecule has 0 aliphatic carbocycles. The van der Waals surface area contributed by atoms with Gasteiger partial charge in [0.05, 0.1) is 10.1 Å². The molecule has 6 heteroatoms. The highest BCUT2D eigenvalue weighted by atomic mass is 32.2. The molecule has 3 aromatic carbocycles. The van der Waals surface area contributed by atoms with Gasteiger partial charge in [0.25, 0.3) is 0 Å². The lowest BCUT2D eigenvalue weighted by atomic mass is 10.1. The van der Waals surface area contributed by atoms with Gasteiger partial charge in [0.15, 0.2) is 0 Å². The fraction of sp³-hybridized carbons (Fsp3) is 0.207. The molecule has 0 fully saturated rings. The molecule has 178 valence electrons. The number of aromatic nitrogens is 2. The molecule has 35 heavy (non-hydrogen) atoms. The molecule has 0 bridgehead atoms. The van der Waals surface area contributed by atoms with Gasteiger partial charge < -0.3 is 9.12 Å². The number of pyridine rings is 1. The van der Waals surface area contributed by atoms with E-state index in [1.165, 1.54) is 21.8 Å². The Morgan fingerprint density at radius 1 is 0.857 bits per heavy atom. The molecule has 0 unspecified atom stereocenters. The van der Waals surface area contributed by atoms with E-state index in [-0.39, 0.29) is 5.75 Å². The average Bonchev–Trinajstić information content (AvgIpc) is 3.18. The zero-order valence-electron chi connectivity index (χ0n) is 19.7. The molecule has 2 aromatic heterocycles. The van der Waals surface area contributed by atoms with Crippen LogP contribution in [-0.2, 0) is 23.2 Å². The average molecular weight is 485 g/mol. The van der Waals surface area contributed by atoms with Crippen LogP contribution in [0.15, 0.2) is 78.9 Å². The molecule has 5 rings (SSSR count). The summed E-state index contributed by atoms with van der Waals surface area (Å²) in [6, 6.07) is 27.4. The Labute approximate surface area is 205 Å². The van der Waals surface area contributed by atoms with Crippen molar-refractivity contribution in [3.63, 3.8) is 0 Å². The zero-order valence-corrected chi connectivity index (χ0v) is 20.5. The third-order valence-electron chi connectivity index (χ3n) is 6.56. The lowest BCUT2D eigenvalue weighted by Crippen LogP contribution is -2.38. The molecule has 5 aromatic rings. The van der Waals surface area contributed by atoms with E-state index in [1.807, 2.05) is 12.1 Å². The smallest absolute Gasteiger partial charge is 0.212 e. The maximum Gasteiger partial charge on any atom is 0.212 e. The van der Waals surface area contributed by atoms with E-state index in [0.29, 0.717) is 19.4 Å². The minimum Gasteiger partial charge on any atom is -0.748 e. The standard InChI is InChI=1S/C29H28N2O3S/c1-2-30-28-12-6-4-10-25(28)26-21-22(14-18-29(26)30)13-16-24-17-15-23-9-3-5-11-27(23)31(24)19-7-8-20-35(32,33)34/h3-6,9-18,21H,2,7-8,19-20H2,1H3. The molecular weight excluding hydrogens is 456 g/mol. The zero-order chi connectivity index (χ0) is 24.4. The van der Waals surface area contributed by atoms with E-state index >= 15 is 0 Å². The van der Waals surface area contributed by atoms with Gasteiger partial charge in [-0.1, -0.05) is 36.4 Å². The number of hydrogen-bond acceptors (Lipinski definition) is 3. The molecule has 0 spiro atoms. The van der Waals surface area contributed by atoms with Gasteiger partial charge in [0, 0.05) is 64.1 Å². The summed E-state index contributed by atoms with van der Waals surface area (Å²) in [5.41, 5.74) is 5.72. The van der Waals surface area contributed by atoms with Crippen LogP contribution in [0.2, 0.25) is 0 Å². The van der Waals surface area contributed by atoms with Gasteiger partial charge in [-0.2, -0.15) is 4.57 Å². The summed E-state index contributed by atoms with van der Waals surface area (Å²) in [4.78, 5) is 0. The second-order valence-corrected chi connectivity index (χ2v) is 10.3. The number of rotatable bonds is 8. The Bertz CT molecular complexity index is 1670. The van der Waals surface area contributed by atoms with Crippen molar-refractivity contribution in [2.45, 2.75) is 32.9 Å². The molecule has 0 radical (unpaired) electrons. The fourth-order valence-corrected chi connectivity index (χ4v) is 5.48. The van der Waals surface area contributed by atoms with Crippen molar-refractivity contribution in [3.8, 4) is 0 Å². The van der Waals surface area contributed by atoms with Gasteiger partial charge in [-0.15, -0.1) is 0 Å². The Morgan fingerprint density at radius 2 is 1.63 bits per heavy atom. The minimum atomic E-state index is -4.19. The van der Waals surface area contributed by atoms with Crippen LogP contribution in [-0.4, -0.2) is 23.3 Å². The van der Waals surface area contributed by atoms with Gasteiger partial charge in [-0.25, -0.2) is 8.42 Å². The van der Waals surface area contributed by atoms with E-state index in [2.05, 4.69) is 94.9 Å². The van der Waals surface area contributed by atoms with Crippen molar-refractivity contribution < 1.29 is 17.5 Å². The molecule has 0 saturated heterocycles. The summed E-state index contributed by atoms with van der Waals surface area (Å²) < 4.78 is 37.5. The molecule has 0 aliphatic rings. The van der Waals surface area contributed by atoms with E-state index in [4.69, 9.17) is 0 Å². The van der Waals surface area contributed by atoms with Crippen molar-refractivity contribution in [2.24, 2.45) is 0 Å². The Hall–Kier alpha value is -3.48. The van der Waals surface area contributed by atoms with Crippen molar-refractivity contribution in [2.75, 3.05) is 5.75 Å². The predicted molar refractivity (Wildman–Crippen MR) is 142 cm³/mol. The van der Waals surface area contributed by atoms with E-state index in [0.717, 1.165) is 28.7 Å². The summed E-state index contributed by atoms with van der Waals surface area (Å²) in [7, 11) is -4.19. The van der Waals surface area contributed by atoms with Crippen molar-refractivity contribution in [1.82, 2.24) is 4.57 Å². The minimum absolute atomic E-state index is 0.325. The summed E-state index contributed by atoms with van der Waals surface area (Å²) in [5, 5.41) is 3.62. The van der Waals surface area contributed by atoms with Crippen molar-refractivity contribution >= 4 is 55.0 Å². The number of para-hydroxylation sites is 2. The van der Waals surface area contributed by atoms with Gasteiger partial charge in [0.1, 0.15) is 6.54 Å². The molecule has 0 saturated carbocycles. The first-order chi connectivity index (χ1) is 16.9. The van der Waals surface area contributed by atoms with Crippen LogP contribution in [0, 0.1) is 0 Å². The third-order valence-corrected chi connectivity index (χ3v) is 7.35. The number of hydrogen-bond donors (Lipinski definition) is 0. The van der Waals surface area contributed by atoms with Gasteiger partial charge in [-0.05, 0) is 55.3 Å². The number of unbranched alkanes of at least 4 members (excludes halogenated alkanes) is 1. The molecule has 0 N–H and O–H groups in total. The van der Waals surface area contributed by atoms with Crippen molar-refractivity contribution in [1.29, 1.82) is 0 Å². The second kappa shape index (κ2) is 9.64. The highest BCUT2D eigenvalue weighted by Crippen LogP contribution is 2.30. The first-order valence-corrected chi connectivity index (χ1v) is 13.6. The number of nitrogens with zero attached hydrogens (tertiary/aromatic N) is 2. The summed E-state index contributed by atoms with van der Waals surface area (Å²) in [6.07, 6.45) is 5.20. The van der Waals surface area contributed by atoms with Crippen LogP contribution >= 0.6 is 0 Å². The second-order valence-electron chi connectivity index (χ2n) is 8.81. The Kier molecular flexibility index (Phi) is 6.41. The van der Waals surface area contributed by atoms with Crippen molar-refractivity contribution in [3.05, 3.63) is 90.1 Å². The highest BCUT2D eigenvalue weighted by molar-refractivity contribution is 7.85. The van der Waals surface area contributed by atoms with E-state index < -0.39 is 10.1 Å². The first-order valence-electron chi connectivity index (χ1n) is 12.0. The maximum atomic E-state index is 11.0. The molecule has 2 heterocycles. The van der Waals surface area contributed by atoms with Gasteiger partial charge in [0.2, 0.25) is 11.2 Å². The van der Waals surface area contributed by atoms with Crippen LogP contribution in [0.5, 0.6) is 0 Å². The molecular formula is C29H28N2O3S. The molecule has 0 atom stereocenters. The van der Waals surface area contributed by atoms with Crippen LogP contribution in [0.4, 0.5) is 0 Å². The van der Waals surface area contributed by atoms with E-state index in [9.17, 15) is 13.0 Å². The van der Waals surface area contributed by atoms with Gasteiger partial charge >= 0.3 is 0 Å². The number of aryl methyl sites for hydroxylation is 2. The topological polar surface area (TPSA) is 66.0 Å². The molecule has 0 amide bonds. The molecule has 0 aliphatic heterocycles. The monoisotopic (exact) mass is 484 g/mol. The van der Waals surface area contributed by atoms with Crippen LogP contribution in [0.1, 0.15) is 31.0 Å². The quantitative estimate of drug-likeness (QED) is 0.160. The summed E-state index contributed by atoms with van der Waals surface area (Å²) in [6.45, 7) is 3.73.